The van der Waals surface area contributed by atoms with Gasteiger partial charge in [-0.3, -0.25) is 9.59 Å². The van der Waals surface area contributed by atoms with Crippen molar-refractivity contribution < 1.29 is 14.0 Å². The Morgan fingerprint density at radius 3 is 2.35 bits per heavy atom. The molecular formula is C30H34ClFN2O2S. The van der Waals surface area contributed by atoms with E-state index in [-0.39, 0.29) is 36.6 Å². The first-order valence-electron chi connectivity index (χ1n) is 12.6. The van der Waals surface area contributed by atoms with Crippen LogP contribution in [0.1, 0.15) is 44.2 Å². The number of hydrogen-bond donors (Lipinski definition) is 1. The molecule has 2 atom stereocenters. The maximum atomic E-state index is 14.6. The number of nitrogens with one attached hydrogen (secondary N) is 1. The first-order valence-corrected chi connectivity index (χ1v) is 14.0. The van der Waals surface area contributed by atoms with E-state index in [0.29, 0.717) is 23.4 Å². The van der Waals surface area contributed by atoms with Crippen LogP contribution < -0.4 is 5.32 Å². The minimum absolute atomic E-state index is 0.0290. The molecule has 3 aromatic carbocycles. The SMILES string of the molecule is CC[C@@H](C)NC(=O)[C@H](Cc1ccccc1)N(Cc1ccccc1F)C(=O)CCCSc1ccc(Cl)cc1. The number of rotatable bonds is 13. The van der Waals surface area contributed by atoms with E-state index in [1.807, 2.05) is 68.4 Å². The van der Waals surface area contributed by atoms with E-state index in [4.69, 9.17) is 11.6 Å². The Bertz CT molecular complexity index is 1140. The van der Waals surface area contributed by atoms with Gasteiger partial charge in [0.1, 0.15) is 11.9 Å². The van der Waals surface area contributed by atoms with Crippen molar-refractivity contribution in [1.82, 2.24) is 10.2 Å². The lowest BCUT2D eigenvalue weighted by Gasteiger charge is -2.32. The topological polar surface area (TPSA) is 49.4 Å². The van der Waals surface area contributed by atoms with Gasteiger partial charge in [-0.05, 0) is 61.4 Å². The van der Waals surface area contributed by atoms with Crippen LogP contribution in [-0.4, -0.2) is 34.6 Å². The Hall–Kier alpha value is -2.83. The maximum absolute atomic E-state index is 14.6. The molecule has 2 amide bonds. The summed E-state index contributed by atoms with van der Waals surface area (Å²) in [6.07, 6.45) is 2.01. The number of hydrogen-bond acceptors (Lipinski definition) is 3. The Kier molecular flexibility index (Phi) is 11.5. The zero-order chi connectivity index (χ0) is 26.6. The van der Waals surface area contributed by atoms with Gasteiger partial charge in [-0.1, -0.05) is 67.1 Å². The fourth-order valence-electron chi connectivity index (χ4n) is 3.89. The highest BCUT2D eigenvalue weighted by molar-refractivity contribution is 7.99. The number of carbonyl (C=O) groups is 2. The van der Waals surface area contributed by atoms with Crippen LogP contribution >= 0.6 is 23.4 Å². The first-order chi connectivity index (χ1) is 17.9. The van der Waals surface area contributed by atoms with Gasteiger partial charge < -0.3 is 10.2 Å². The number of benzene rings is 3. The Balaban J connectivity index is 1.80. The van der Waals surface area contributed by atoms with Crippen LogP contribution in [0.4, 0.5) is 4.39 Å². The van der Waals surface area contributed by atoms with Crippen molar-refractivity contribution in [3.05, 3.63) is 101 Å². The average Bonchev–Trinajstić information content (AvgIpc) is 2.91. The van der Waals surface area contributed by atoms with Gasteiger partial charge in [0.15, 0.2) is 0 Å². The van der Waals surface area contributed by atoms with E-state index in [2.05, 4.69) is 5.32 Å². The highest BCUT2D eigenvalue weighted by atomic mass is 35.5. The fourth-order valence-corrected chi connectivity index (χ4v) is 4.87. The third kappa shape index (κ3) is 9.20. The second-order valence-electron chi connectivity index (χ2n) is 9.04. The number of carbonyl (C=O) groups excluding carboxylic acids is 2. The summed E-state index contributed by atoms with van der Waals surface area (Å²) in [6.45, 7) is 3.97. The normalized spacial score (nSPS) is 12.5. The third-order valence-electron chi connectivity index (χ3n) is 6.19. The highest BCUT2D eigenvalue weighted by Crippen LogP contribution is 2.23. The van der Waals surface area contributed by atoms with Gasteiger partial charge in [-0.25, -0.2) is 4.39 Å². The number of thioether (sulfide) groups is 1. The first kappa shape index (κ1) is 28.7. The molecule has 0 aliphatic heterocycles. The molecule has 1 N–H and O–H groups in total. The number of halogens is 2. The number of nitrogens with zero attached hydrogens (tertiary/aromatic N) is 1. The van der Waals surface area contributed by atoms with Crippen molar-refractivity contribution in [2.45, 2.75) is 63.1 Å². The number of amides is 2. The molecule has 0 saturated carbocycles. The molecule has 3 rings (SSSR count). The van der Waals surface area contributed by atoms with Crippen molar-refractivity contribution >= 4 is 35.2 Å². The molecule has 0 spiro atoms. The minimum atomic E-state index is -0.757. The van der Waals surface area contributed by atoms with Crippen LogP contribution in [0.25, 0.3) is 0 Å². The van der Waals surface area contributed by atoms with E-state index in [0.717, 1.165) is 22.6 Å². The molecule has 0 aromatic heterocycles. The molecule has 0 radical (unpaired) electrons. The lowest BCUT2D eigenvalue weighted by molar-refractivity contribution is -0.141. The summed E-state index contributed by atoms with van der Waals surface area (Å²) in [4.78, 5) is 29.7. The van der Waals surface area contributed by atoms with Crippen LogP contribution in [0.15, 0.2) is 83.8 Å². The molecule has 0 fully saturated rings. The molecule has 3 aromatic rings. The fraction of sp³-hybridized carbons (Fsp3) is 0.333. The largest absolute Gasteiger partial charge is 0.352 e. The monoisotopic (exact) mass is 540 g/mol. The van der Waals surface area contributed by atoms with Crippen molar-refractivity contribution in [1.29, 1.82) is 0 Å². The summed E-state index contributed by atoms with van der Waals surface area (Å²) in [6, 6.07) is 22.8. The molecule has 0 bridgehead atoms. The molecule has 37 heavy (non-hydrogen) atoms. The molecule has 0 unspecified atom stereocenters. The summed E-state index contributed by atoms with van der Waals surface area (Å²) in [5, 5.41) is 3.72. The van der Waals surface area contributed by atoms with Crippen LogP contribution in [0, 0.1) is 5.82 Å². The lowest BCUT2D eigenvalue weighted by atomic mass is 10.0. The van der Waals surface area contributed by atoms with E-state index in [1.165, 1.54) is 6.07 Å². The summed E-state index contributed by atoms with van der Waals surface area (Å²) in [5.41, 5.74) is 1.33. The third-order valence-corrected chi connectivity index (χ3v) is 7.54. The van der Waals surface area contributed by atoms with Gasteiger partial charge in [-0.15, -0.1) is 11.8 Å². The molecular weight excluding hydrogens is 507 g/mol. The Labute approximate surface area is 228 Å². The molecule has 0 aliphatic carbocycles. The lowest BCUT2D eigenvalue weighted by Crippen LogP contribution is -2.52. The van der Waals surface area contributed by atoms with E-state index in [9.17, 15) is 14.0 Å². The van der Waals surface area contributed by atoms with Crippen molar-refractivity contribution in [2.75, 3.05) is 5.75 Å². The quantitative estimate of drug-likeness (QED) is 0.189. The zero-order valence-electron chi connectivity index (χ0n) is 21.3. The predicted molar refractivity (Wildman–Crippen MR) is 150 cm³/mol. The second-order valence-corrected chi connectivity index (χ2v) is 10.6. The van der Waals surface area contributed by atoms with E-state index in [1.54, 1.807) is 34.9 Å². The molecule has 196 valence electrons. The zero-order valence-corrected chi connectivity index (χ0v) is 22.9. The van der Waals surface area contributed by atoms with Crippen molar-refractivity contribution in [3.8, 4) is 0 Å². The van der Waals surface area contributed by atoms with Gasteiger partial charge in [0.25, 0.3) is 0 Å². The molecule has 4 nitrogen and oxygen atoms in total. The Morgan fingerprint density at radius 1 is 1.00 bits per heavy atom. The van der Waals surface area contributed by atoms with Gasteiger partial charge in [0.05, 0.1) is 0 Å². The summed E-state index contributed by atoms with van der Waals surface area (Å²) in [7, 11) is 0. The van der Waals surface area contributed by atoms with Crippen LogP contribution in [0.5, 0.6) is 0 Å². The van der Waals surface area contributed by atoms with E-state index < -0.39 is 6.04 Å². The molecule has 0 saturated heterocycles. The predicted octanol–water partition coefficient (Wildman–Crippen LogP) is 6.91. The molecule has 7 heteroatoms. The van der Waals surface area contributed by atoms with Crippen LogP contribution in [-0.2, 0) is 22.6 Å². The van der Waals surface area contributed by atoms with Crippen molar-refractivity contribution in [3.63, 3.8) is 0 Å². The van der Waals surface area contributed by atoms with Crippen molar-refractivity contribution in [2.24, 2.45) is 0 Å². The Morgan fingerprint density at radius 2 is 1.68 bits per heavy atom. The highest BCUT2D eigenvalue weighted by Gasteiger charge is 2.31. The van der Waals surface area contributed by atoms with Crippen LogP contribution in [0.3, 0.4) is 0 Å². The van der Waals surface area contributed by atoms with E-state index >= 15 is 0 Å². The average molecular weight is 541 g/mol. The van der Waals surface area contributed by atoms with Gasteiger partial charge in [-0.2, -0.15) is 0 Å². The summed E-state index contributed by atoms with van der Waals surface area (Å²) in [5.74, 6) is -0.0402. The minimum Gasteiger partial charge on any atom is -0.352 e. The second kappa shape index (κ2) is 14.8. The molecule has 0 heterocycles. The summed E-state index contributed by atoms with van der Waals surface area (Å²) >= 11 is 7.61. The maximum Gasteiger partial charge on any atom is 0.243 e. The van der Waals surface area contributed by atoms with Gasteiger partial charge in [0, 0.05) is 40.9 Å². The van der Waals surface area contributed by atoms with Gasteiger partial charge >= 0.3 is 0 Å². The standard InChI is InChI=1S/C30H34ClFN2O2S/c1-3-22(2)33-30(36)28(20-23-10-5-4-6-11-23)34(21-24-12-7-8-13-27(24)32)29(35)14-9-19-37-26-17-15-25(31)16-18-26/h4-8,10-13,15-18,22,28H,3,9,14,19-21H2,1-2H3,(H,33,36)/t22-,28+/m1/s1. The van der Waals surface area contributed by atoms with Gasteiger partial charge in [0.2, 0.25) is 11.8 Å². The summed E-state index contributed by atoms with van der Waals surface area (Å²) < 4.78 is 14.6. The smallest absolute Gasteiger partial charge is 0.243 e. The van der Waals surface area contributed by atoms with Crippen LogP contribution in [0.2, 0.25) is 5.02 Å². The molecule has 0 aliphatic rings.